The van der Waals surface area contributed by atoms with Crippen molar-refractivity contribution < 1.29 is 4.79 Å². The summed E-state index contributed by atoms with van der Waals surface area (Å²) in [7, 11) is -1.44. The summed E-state index contributed by atoms with van der Waals surface area (Å²) in [5, 5.41) is 8.61. The summed E-state index contributed by atoms with van der Waals surface area (Å²) in [6.07, 6.45) is 0. The average molecular weight is 559 g/mol. The smallest absolute Gasteiger partial charge is 0.321 e. The summed E-state index contributed by atoms with van der Waals surface area (Å²) < 4.78 is 0. The van der Waals surface area contributed by atoms with Gasteiger partial charge in [0.25, 0.3) is 0 Å². The molecule has 1 aliphatic heterocycles. The lowest BCUT2D eigenvalue weighted by molar-refractivity contribution is 0.223. The molecule has 5 aromatic carbocycles. The van der Waals surface area contributed by atoms with Gasteiger partial charge in [0.2, 0.25) is 0 Å². The van der Waals surface area contributed by atoms with E-state index in [0.29, 0.717) is 11.3 Å². The van der Waals surface area contributed by atoms with Gasteiger partial charge >= 0.3 is 6.03 Å². The number of anilines is 1. The maximum atomic E-state index is 13.7. The third-order valence-corrected chi connectivity index (χ3v) is 13.4. The number of benzene rings is 5. The fourth-order valence-electron chi connectivity index (χ4n) is 5.59. The first-order valence-electron chi connectivity index (χ1n) is 13.7. The fourth-order valence-corrected chi connectivity index (χ4v) is 12.1. The van der Waals surface area contributed by atoms with Crippen molar-refractivity contribution in [2.45, 2.75) is 11.3 Å². The Balaban J connectivity index is 1.45. The average Bonchev–Trinajstić information content (AvgIpc) is 3.44. The molecule has 1 heterocycles. The Morgan fingerprint density at radius 3 is 1.12 bits per heavy atom. The standard InChI is InChI=1S/C35H32N2OP2/c38-35(36-28-16-6-1-7-17-28)37-26-33(39(29-18-8-2-9-19-29)30-20-10-3-11-21-30)34(27-37)40(31-22-12-4-13-23-31)32-24-14-5-15-25-32/h1-25,33-34H,26-27H2,(H,36,38)/t33-,34-/m1/s1. The number of rotatable bonds is 7. The number of likely N-dealkylation sites (tertiary alicyclic amines) is 1. The van der Waals surface area contributed by atoms with Gasteiger partial charge in [-0.15, -0.1) is 0 Å². The van der Waals surface area contributed by atoms with Gasteiger partial charge in [0.15, 0.2) is 0 Å². The van der Waals surface area contributed by atoms with E-state index in [1.807, 2.05) is 30.3 Å². The normalized spacial score (nSPS) is 16.8. The van der Waals surface area contributed by atoms with Crippen LogP contribution >= 0.6 is 15.8 Å². The highest BCUT2D eigenvalue weighted by Crippen LogP contribution is 2.54. The number of urea groups is 1. The quantitative estimate of drug-likeness (QED) is 0.226. The lowest BCUT2D eigenvalue weighted by Gasteiger charge is -2.34. The Labute approximate surface area is 239 Å². The second-order valence-corrected chi connectivity index (χ2v) is 14.8. The van der Waals surface area contributed by atoms with Crippen molar-refractivity contribution in [3.8, 4) is 0 Å². The van der Waals surface area contributed by atoms with Crippen LogP contribution < -0.4 is 26.5 Å². The van der Waals surface area contributed by atoms with Crippen LogP contribution in [0.2, 0.25) is 0 Å². The van der Waals surface area contributed by atoms with Gasteiger partial charge in [0, 0.05) is 30.1 Å². The van der Waals surface area contributed by atoms with Gasteiger partial charge < -0.3 is 10.2 Å². The Morgan fingerprint density at radius 1 is 0.500 bits per heavy atom. The maximum absolute atomic E-state index is 13.7. The molecule has 1 aliphatic rings. The highest BCUT2D eigenvalue weighted by molar-refractivity contribution is 7.77. The van der Waals surface area contributed by atoms with Gasteiger partial charge in [-0.2, -0.15) is 0 Å². The predicted octanol–water partition coefficient (Wildman–Crippen LogP) is 6.54. The molecule has 0 unspecified atom stereocenters. The van der Waals surface area contributed by atoms with Gasteiger partial charge in [-0.3, -0.25) is 0 Å². The van der Waals surface area contributed by atoms with Crippen LogP contribution in [0.15, 0.2) is 152 Å². The van der Waals surface area contributed by atoms with Gasteiger partial charge in [0.1, 0.15) is 0 Å². The number of carbonyl (C=O) groups is 1. The molecule has 2 amide bonds. The van der Waals surface area contributed by atoms with E-state index in [9.17, 15) is 4.79 Å². The van der Waals surface area contributed by atoms with E-state index < -0.39 is 15.8 Å². The van der Waals surface area contributed by atoms with E-state index in [1.54, 1.807) is 0 Å². The van der Waals surface area contributed by atoms with Gasteiger partial charge in [-0.05, 0) is 49.2 Å². The topological polar surface area (TPSA) is 32.3 Å². The molecule has 5 aromatic rings. The summed E-state index contributed by atoms with van der Waals surface area (Å²) in [5.41, 5.74) is 1.43. The van der Waals surface area contributed by atoms with Crippen molar-refractivity contribution in [1.82, 2.24) is 4.90 Å². The van der Waals surface area contributed by atoms with E-state index in [-0.39, 0.29) is 6.03 Å². The van der Waals surface area contributed by atoms with Crippen LogP contribution in [0.4, 0.5) is 10.5 Å². The summed E-state index contributed by atoms with van der Waals surface area (Å²) in [5.74, 6) is 0. The summed E-state index contributed by atoms with van der Waals surface area (Å²) in [6.45, 7) is 1.44. The summed E-state index contributed by atoms with van der Waals surface area (Å²) in [6, 6.07) is 53.5. The Hall–Kier alpha value is -3.77. The van der Waals surface area contributed by atoms with E-state index in [4.69, 9.17) is 0 Å². The molecule has 1 N–H and O–H groups in total. The van der Waals surface area contributed by atoms with Gasteiger partial charge in [-0.25, -0.2) is 4.79 Å². The molecule has 0 aliphatic carbocycles. The number of amides is 2. The summed E-state index contributed by atoms with van der Waals surface area (Å²) in [4.78, 5) is 15.8. The van der Waals surface area contributed by atoms with E-state index >= 15 is 0 Å². The van der Waals surface area contributed by atoms with E-state index in [0.717, 1.165) is 18.8 Å². The van der Waals surface area contributed by atoms with Crippen LogP contribution in [0.5, 0.6) is 0 Å². The predicted molar refractivity (Wildman–Crippen MR) is 173 cm³/mol. The van der Waals surface area contributed by atoms with Crippen LogP contribution in [-0.4, -0.2) is 35.3 Å². The molecule has 0 saturated carbocycles. The number of carbonyl (C=O) groups excluding carboxylic acids is 1. The molecule has 3 nitrogen and oxygen atoms in total. The second-order valence-electron chi connectivity index (χ2n) is 9.92. The first-order chi connectivity index (χ1) is 19.8. The van der Waals surface area contributed by atoms with Crippen LogP contribution in [0.3, 0.4) is 0 Å². The first-order valence-corrected chi connectivity index (χ1v) is 16.5. The number of hydrogen-bond acceptors (Lipinski definition) is 1. The van der Waals surface area contributed by atoms with Crippen molar-refractivity contribution in [3.05, 3.63) is 152 Å². The molecular formula is C35H32N2OP2. The van der Waals surface area contributed by atoms with Crippen molar-refractivity contribution in [2.75, 3.05) is 18.4 Å². The summed E-state index contributed by atoms with van der Waals surface area (Å²) >= 11 is 0. The molecule has 198 valence electrons. The monoisotopic (exact) mass is 558 g/mol. The van der Waals surface area contributed by atoms with Crippen LogP contribution in [0.1, 0.15) is 0 Å². The molecule has 40 heavy (non-hydrogen) atoms. The molecular weight excluding hydrogens is 526 g/mol. The molecule has 0 radical (unpaired) electrons. The molecule has 6 rings (SSSR count). The van der Waals surface area contributed by atoms with Crippen LogP contribution in [-0.2, 0) is 0 Å². The minimum absolute atomic E-state index is 0.0224. The number of nitrogens with zero attached hydrogens (tertiary/aromatic N) is 1. The maximum Gasteiger partial charge on any atom is 0.321 e. The fraction of sp³-hybridized carbons (Fsp3) is 0.114. The van der Waals surface area contributed by atoms with Crippen LogP contribution in [0.25, 0.3) is 0 Å². The van der Waals surface area contributed by atoms with Gasteiger partial charge in [-0.1, -0.05) is 140 Å². The molecule has 1 fully saturated rings. The van der Waals surface area contributed by atoms with Crippen molar-refractivity contribution >= 4 is 48.8 Å². The molecule has 1 saturated heterocycles. The Kier molecular flexibility index (Phi) is 8.33. The number of hydrogen-bond donors (Lipinski definition) is 1. The Bertz CT molecular complexity index is 1330. The minimum atomic E-state index is -0.721. The van der Waals surface area contributed by atoms with E-state index in [1.165, 1.54) is 21.2 Å². The zero-order chi connectivity index (χ0) is 27.1. The van der Waals surface area contributed by atoms with Crippen molar-refractivity contribution in [2.24, 2.45) is 0 Å². The highest BCUT2D eigenvalue weighted by atomic mass is 31.1. The van der Waals surface area contributed by atoms with Crippen molar-refractivity contribution in [3.63, 3.8) is 0 Å². The van der Waals surface area contributed by atoms with Gasteiger partial charge in [0.05, 0.1) is 0 Å². The second kappa shape index (κ2) is 12.6. The Morgan fingerprint density at radius 2 is 0.800 bits per heavy atom. The third kappa shape index (κ3) is 5.87. The van der Waals surface area contributed by atoms with E-state index in [2.05, 4.69) is 132 Å². The first kappa shape index (κ1) is 26.5. The minimum Gasteiger partial charge on any atom is -0.323 e. The SMILES string of the molecule is O=C(Nc1ccccc1)N1C[C@@H](P(c2ccccc2)c2ccccc2)[C@H](P(c2ccccc2)c2ccccc2)C1. The molecule has 2 atom stereocenters. The lowest BCUT2D eigenvalue weighted by Crippen LogP contribution is -2.34. The molecule has 0 bridgehead atoms. The zero-order valence-corrected chi connectivity index (χ0v) is 24.0. The van der Waals surface area contributed by atoms with Crippen molar-refractivity contribution in [1.29, 1.82) is 0 Å². The zero-order valence-electron chi connectivity index (χ0n) is 22.3. The number of nitrogens with one attached hydrogen (secondary N) is 1. The molecule has 0 aromatic heterocycles. The number of para-hydroxylation sites is 1. The lowest BCUT2D eigenvalue weighted by atomic mass is 10.3. The third-order valence-electron chi connectivity index (χ3n) is 7.37. The highest BCUT2D eigenvalue weighted by Gasteiger charge is 2.45. The molecule has 5 heteroatoms. The largest absolute Gasteiger partial charge is 0.323 e. The van der Waals surface area contributed by atoms with Crippen LogP contribution in [0, 0.1) is 0 Å². The molecule has 0 spiro atoms.